The number of rotatable bonds is 1. The molecule has 0 heterocycles. The van der Waals surface area contributed by atoms with Crippen molar-refractivity contribution in [2.24, 2.45) is 22.7 Å². The van der Waals surface area contributed by atoms with Crippen molar-refractivity contribution >= 4 is 5.78 Å². The Morgan fingerprint density at radius 1 is 1.22 bits per heavy atom. The van der Waals surface area contributed by atoms with Crippen molar-refractivity contribution in [3.8, 4) is 0 Å². The molecule has 2 heteroatoms. The summed E-state index contributed by atoms with van der Waals surface area (Å²) in [5.74, 6) is 1.48. The summed E-state index contributed by atoms with van der Waals surface area (Å²) in [6.07, 6.45) is 12.9. The molecule has 0 aliphatic heterocycles. The number of fused-ring (bicyclic) bond motifs is 5. The van der Waals surface area contributed by atoms with Gasteiger partial charge in [-0.2, -0.15) is 0 Å². The Morgan fingerprint density at radius 3 is 2.74 bits per heavy atom. The highest BCUT2D eigenvalue weighted by atomic mass is 16.3. The average Bonchev–Trinajstić information content (AvgIpc) is 2.85. The molecule has 4 rings (SSSR count). The third-order valence-corrected chi connectivity index (χ3v) is 7.50. The molecule has 2 fully saturated rings. The van der Waals surface area contributed by atoms with Crippen molar-refractivity contribution in [1.29, 1.82) is 0 Å². The van der Waals surface area contributed by atoms with Gasteiger partial charge in [-0.3, -0.25) is 4.79 Å². The molecule has 0 radical (unpaired) electrons. The number of carbonyl (C=O) groups excluding carboxylic acids is 1. The van der Waals surface area contributed by atoms with Crippen LogP contribution < -0.4 is 0 Å². The first-order chi connectivity index (χ1) is 10.9. The van der Waals surface area contributed by atoms with Crippen LogP contribution in [0, 0.1) is 22.7 Å². The van der Waals surface area contributed by atoms with E-state index in [1.54, 1.807) is 6.92 Å². The van der Waals surface area contributed by atoms with Gasteiger partial charge in [0.1, 0.15) is 0 Å². The fourth-order valence-corrected chi connectivity index (χ4v) is 6.16. The maximum absolute atomic E-state index is 12.1. The lowest BCUT2D eigenvalue weighted by atomic mass is 9.49. The van der Waals surface area contributed by atoms with Gasteiger partial charge in [0.05, 0.1) is 6.10 Å². The summed E-state index contributed by atoms with van der Waals surface area (Å²) in [6, 6.07) is 0. The molecule has 5 atom stereocenters. The molecule has 4 aliphatic rings. The fourth-order valence-electron chi connectivity index (χ4n) is 6.16. The van der Waals surface area contributed by atoms with E-state index in [-0.39, 0.29) is 22.7 Å². The lowest BCUT2D eigenvalue weighted by Crippen LogP contribution is -2.47. The fraction of sp³-hybridized carbons (Fsp3) is 0.667. The van der Waals surface area contributed by atoms with E-state index >= 15 is 0 Å². The number of Topliss-reactive ketones (excluding diaryl/α,β-unsaturated/α-hetero) is 1. The predicted molar refractivity (Wildman–Crippen MR) is 91.8 cm³/mol. The first kappa shape index (κ1) is 15.4. The maximum atomic E-state index is 12.1. The van der Waals surface area contributed by atoms with Gasteiger partial charge in [-0.15, -0.1) is 0 Å². The van der Waals surface area contributed by atoms with E-state index in [9.17, 15) is 9.90 Å². The van der Waals surface area contributed by atoms with Gasteiger partial charge in [-0.25, -0.2) is 0 Å². The van der Waals surface area contributed by atoms with Crippen molar-refractivity contribution in [2.75, 3.05) is 0 Å². The normalized spacial score (nSPS) is 45.2. The monoisotopic (exact) mass is 312 g/mol. The summed E-state index contributed by atoms with van der Waals surface area (Å²) in [5.41, 5.74) is 4.25. The van der Waals surface area contributed by atoms with Crippen LogP contribution in [0.3, 0.4) is 0 Å². The molecular formula is C21H28O2. The number of hydrogen-bond acceptors (Lipinski definition) is 2. The standard InChI is InChI=1S/C21H28O2/c1-13(22)17-6-7-18-16-5-4-14-12-15(23)8-10-20(14,2)19(16)9-11-21(17,18)3/h4,6-7,15-16,19,23H,5,8-12H2,1-3H3. The molecule has 0 aromatic carbocycles. The second-order valence-corrected chi connectivity index (χ2v) is 8.62. The van der Waals surface area contributed by atoms with Gasteiger partial charge >= 0.3 is 0 Å². The minimum absolute atomic E-state index is 0.0249. The lowest BCUT2D eigenvalue weighted by molar-refractivity contribution is -0.114. The van der Waals surface area contributed by atoms with E-state index in [0.717, 1.165) is 37.7 Å². The number of hydrogen-bond donors (Lipinski definition) is 1. The van der Waals surface area contributed by atoms with Crippen molar-refractivity contribution in [3.05, 3.63) is 34.9 Å². The largest absolute Gasteiger partial charge is 0.393 e. The highest BCUT2D eigenvalue weighted by molar-refractivity contribution is 5.96. The molecule has 124 valence electrons. The number of carbonyl (C=O) groups is 1. The van der Waals surface area contributed by atoms with E-state index in [1.165, 1.54) is 17.6 Å². The van der Waals surface area contributed by atoms with Gasteiger partial charge in [-0.05, 0) is 62.7 Å². The molecule has 0 spiro atoms. The van der Waals surface area contributed by atoms with E-state index in [1.807, 2.05) is 0 Å². The Morgan fingerprint density at radius 2 is 2.00 bits per heavy atom. The van der Waals surface area contributed by atoms with Crippen LogP contribution in [-0.2, 0) is 4.79 Å². The minimum atomic E-state index is -0.142. The van der Waals surface area contributed by atoms with Crippen LogP contribution in [-0.4, -0.2) is 17.0 Å². The molecule has 2 nitrogen and oxygen atoms in total. The third kappa shape index (κ3) is 2.00. The quantitative estimate of drug-likeness (QED) is 0.731. The third-order valence-electron chi connectivity index (χ3n) is 7.50. The van der Waals surface area contributed by atoms with Gasteiger partial charge < -0.3 is 5.11 Å². The van der Waals surface area contributed by atoms with Crippen molar-refractivity contribution in [3.63, 3.8) is 0 Å². The lowest BCUT2D eigenvalue weighted by Gasteiger charge is -2.55. The molecule has 0 aromatic heterocycles. The van der Waals surface area contributed by atoms with Gasteiger partial charge in [0.2, 0.25) is 0 Å². The predicted octanol–water partition coefficient (Wildman–Crippen LogP) is 4.36. The molecule has 0 amide bonds. The van der Waals surface area contributed by atoms with Crippen LogP contribution in [0.2, 0.25) is 0 Å². The minimum Gasteiger partial charge on any atom is -0.393 e. The summed E-state index contributed by atoms with van der Waals surface area (Å²) < 4.78 is 0. The summed E-state index contributed by atoms with van der Waals surface area (Å²) in [5, 5.41) is 10.0. The zero-order valence-electron chi connectivity index (χ0n) is 14.6. The highest BCUT2D eigenvalue weighted by Crippen LogP contribution is 2.63. The Bertz CT molecular complexity index is 653. The smallest absolute Gasteiger partial charge is 0.156 e. The first-order valence-electron chi connectivity index (χ1n) is 9.17. The molecule has 0 bridgehead atoms. The van der Waals surface area contributed by atoms with Crippen molar-refractivity contribution in [2.45, 2.75) is 65.4 Å². The zero-order chi connectivity index (χ0) is 16.4. The molecule has 5 unspecified atom stereocenters. The molecule has 4 aliphatic carbocycles. The molecule has 2 saturated carbocycles. The summed E-state index contributed by atoms with van der Waals surface area (Å²) in [6.45, 7) is 6.42. The van der Waals surface area contributed by atoms with Crippen LogP contribution in [0.5, 0.6) is 0 Å². The van der Waals surface area contributed by atoms with Crippen molar-refractivity contribution in [1.82, 2.24) is 0 Å². The molecule has 1 N–H and O–H groups in total. The van der Waals surface area contributed by atoms with Crippen LogP contribution in [0.1, 0.15) is 59.3 Å². The van der Waals surface area contributed by atoms with E-state index in [2.05, 4.69) is 32.1 Å². The maximum Gasteiger partial charge on any atom is 0.156 e. The number of allylic oxidation sites excluding steroid dienone is 5. The van der Waals surface area contributed by atoms with Crippen LogP contribution in [0.4, 0.5) is 0 Å². The second kappa shape index (κ2) is 4.92. The average molecular weight is 312 g/mol. The number of aliphatic hydroxyl groups is 1. The van der Waals surface area contributed by atoms with E-state index in [4.69, 9.17) is 0 Å². The Labute approximate surface area is 139 Å². The van der Waals surface area contributed by atoms with E-state index < -0.39 is 0 Å². The molecule has 0 aromatic rings. The van der Waals surface area contributed by atoms with Crippen LogP contribution >= 0.6 is 0 Å². The second-order valence-electron chi connectivity index (χ2n) is 8.62. The van der Waals surface area contributed by atoms with Crippen LogP contribution in [0.25, 0.3) is 0 Å². The molecule has 0 saturated heterocycles. The van der Waals surface area contributed by atoms with Gasteiger partial charge in [-0.1, -0.05) is 43.2 Å². The topological polar surface area (TPSA) is 37.3 Å². The summed E-state index contributed by atoms with van der Waals surface area (Å²) in [7, 11) is 0. The van der Waals surface area contributed by atoms with Crippen LogP contribution in [0.15, 0.2) is 34.9 Å². The summed E-state index contributed by atoms with van der Waals surface area (Å²) >= 11 is 0. The number of ketones is 1. The van der Waals surface area contributed by atoms with Crippen molar-refractivity contribution < 1.29 is 9.90 Å². The number of aliphatic hydroxyl groups excluding tert-OH is 1. The highest BCUT2D eigenvalue weighted by Gasteiger charge is 2.54. The Kier molecular flexibility index (Phi) is 3.29. The van der Waals surface area contributed by atoms with Gasteiger partial charge in [0.25, 0.3) is 0 Å². The molecular weight excluding hydrogens is 284 g/mol. The van der Waals surface area contributed by atoms with Gasteiger partial charge in [0.15, 0.2) is 5.78 Å². The summed E-state index contributed by atoms with van der Waals surface area (Å²) in [4.78, 5) is 12.1. The SMILES string of the molecule is CC(=O)C1=CC=C2C3CC=C4CC(O)CCC4(C)C3CCC12C. The Hall–Kier alpha value is -1.15. The molecule has 23 heavy (non-hydrogen) atoms. The Balaban J connectivity index is 1.70. The zero-order valence-corrected chi connectivity index (χ0v) is 14.6. The van der Waals surface area contributed by atoms with E-state index in [0.29, 0.717) is 11.8 Å². The van der Waals surface area contributed by atoms with Gasteiger partial charge in [0, 0.05) is 11.0 Å². The first-order valence-corrected chi connectivity index (χ1v) is 9.17.